The van der Waals surface area contributed by atoms with Crippen LogP contribution >= 0.6 is 0 Å². The van der Waals surface area contributed by atoms with Gasteiger partial charge in [-0.15, -0.1) is 5.92 Å². The standard InChI is InChI=1S/C10H15N/c1-2-3-6-9-7-4-5-8-10(9)11/h4-5,9-10H,2,7-8,11H2,1H3. The SMILES string of the molecule is CCC#CC1CC=CCC1N. The van der Waals surface area contributed by atoms with Crippen molar-refractivity contribution in [1.29, 1.82) is 0 Å². The second-order valence-electron chi connectivity index (χ2n) is 2.89. The van der Waals surface area contributed by atoms with Gasteiger partial charge >= 0.3 is 0 Å². The molecule has 0 spiro atoms. The van der Waals surface area contributed by atoms with E-state index in [1.54, 1.807) is 0 Å². The Morgan fingerprint density at radius 1 is 1.45 bits per heavy atom. The van der Waals surface area contributed by atoms with Gasteiger partial charge < -0.3 is 5.73 Å². The van der Waals surface area contributed by atoms with E-state index in [4.69, 9.17) is 5.73 Å². The maximum atomic E-state index is 5.87. The van der Waals surface area contributed by atoms with Crippen molar-refractivity contribution < 1.29 is 0 Å². The molecule has 0 aliphatic heterocycles. The van der Waals surface area contributed by atoms with E-state index in [0.717, 1.165) is 19.3 Å². The lowest BCUT2D eigenvalue weighted by Crippen LogP contribution is -2.30. The molecule has 2 unspecified atom stereocenters. The Morgan fingerprint density at radius 3 is 2.82 bits per heavy atom. The Kier molecular flexibility index (Phi) is 3.19. The second-order valence-corrected chi connectivity index (χ2v) is 2.89. The van der Waals surface area contributed by atoms with Gasteiger partial charge in [0.05, 0.1) is 0 Å². The minimum absolute atomic E-state index is 0.263. The molecule has 1 rings (SSSR count). The maximum absolute atomic E-state index is 5.87. The molecule has 60 valence electrons. The van der Waals surface area contributed by atoms with E-state index in [2.05, 4.69) is 30.9 Å². The van der Waals surface area contributed by atoms with Crippen molar-refractivity contribution in [3.05, 3.63) is 12.2 Å². The molecule has 1 nitrogen and oxygen atoms in total. The summed E-state index contributed by atoms with van der Waals surface area (Å²) in [6.07, 6.45) is 7.29. The van der Waals surface area contributed by atoms with Crippen LogP contribution in [-0.4, -0.2) is 6.04 Å². The lowest BCUT2D eigenvalue weighted by molar-refractivity contribution is 0.506. The quantitative estimate of drug-likeness (QED) is 0.411. The summed E-state index contributed by atoms with van der Waals surface area (Å²) in [6.45, 7) is 2.07. The summed E-state index contributed by atoms with van der Waals surface area (Å²) >= 11 is 0. The van der Waals surface area contributed by atoms with Crippen molar-refractivity contribution in [2.45, 2.75) is 32.2 Å². The van der Waals surface area contributed by atoms with Crippen molar-refractivity contribution in [3.63, 3.8) is 0 Å². The van der Waals surface area contributed by atoms with Gasteiger partial charge in [0.2, 0.25) is 0 Å². The Morgan fingerprint density at radius 2 is 2.18 bits per heavy atom. The van der Waals surface area contributed by atoms with Crippen LogP contribution in [0.5, 0.6) is 0 Å². The first-order chi connectivity index (χ1) is 5.34. The molecule has 2 atom stereocenters. The second kappa shape index (κ2) is 4.20. The predicted octanol–water partition coefficient (Wildman–Crippen LogP) is 1.69. The highest BCUT2D eigenvalue weighted by Gasteiger charge is 2.15. The average Bonchev–Trinajstić information content (AvgIpc) is 2.03. The van der Waals surface area contributed by atoms with Crippen LogP contribution in [0.15, 0.2) is 12.2 Å². The lowest BCUT2D eigenvalue weighted by Gasteiger charge is -2.19. The molecule has 0 bridgehead atoms. The third-order valence-corrected chi connectivity index (χ3v) is 1.95. The van der Waals surface area contributed by atoms with Gasteiger partial charge in [0, 0.05) is 18.4 Å². The molecule has 2 N–H and O–H groups in total. The molecule has 0 aromatic heterocycles. The minimum Gasteiger partial charge on any atom is -0.326 e. The lowest BCUT2D eigenvalue weighted by atomic mass is 9.90. The van der Waals surface area contributed by atoms with Crippen molar-refractivity contribution in [1.82, 2.24) is 0 Å². The highest BCUT2D eigenvalue weighted by Crippen LogP contribution is 2.15. The molecule has 11 heavy (non-hydrogen) atoms. The molecule has 0 saturated heterocycles. The van der Waals surface area contributed by atoms with Crippen LogP contribution in [-0.2, 0) is 0 Å². The van der Waals surface area contributed by atoms with Crippen LogP contribution in [0.2, 0.25) is 0 Å². The number of rotatable bonds is 0. The van der Waals surface area contributed by atoms with Gasteiger partial charge in [0.25, 0.3) is 0 Å². The van der Waals surface area contributed by atoms with E-state index in [1.807, 2.05) is 0 Å². The largest absolute Gasteiger partial charge is 0.326 e. The van der Waals surface area contributed by atoms with E-state index in [-0.39, 0.29) is 6.04 Å². The molecular weight excluding hydrogens is 134 g/mol. The average molecular weight is 149 g/mol. The van der Waals surface area contributed by atoms with Gasteiger partial charge in [-0.1, -0.05) is 25.0 Å². The summed E-state index contributed by atoms with van der Waals surface area (Å²) in [4.78, 5) is 0. The third kappa shape index (κ3) is 2.40. The molecule has 0 fully saturated rings. The number of allylic oxidation sites excluding steroid dienone is 1. The minimum atomic E-state index is 0.263. The molecule has 0 amide bonds. The van der Waals surface area contributed by atoms with Crippen molar-refractivity contribution in [2.24, 2.45) is 11.7 Å². The van der Waals surface area contributed by atoms with Crippen molar-refractivity contribution in [2.75, 3.05) is 0 Å². The highest BCUT2D eigenvalue weighted by molar-refractivity contribution is 5.12. The topological polar surface area (TPSA) is 26.0 Å². The molecule has 1 heteroatoms. The van der Waals surface area contributed by atoms with Gasteiger partial charge in [-0.3, -0.25) is 0 Å². The van der Waals surface area contributed by atoms with E-state index in [0.29, 0.717) is 5.92 Å². The number of hydrogen-bond donors (Lipinski definition) is 1. The maximum Gasteiger partial charge on any atom is 0.0391 e. The molecule has 1 aliphatic rings. The Hall–Kier alpha value is -0.740. The normalized spacial score (nSPS) is 29.3. The van der Waals surface area contributed by atoms with Crippen LogP contribution in [0.3, 0.4) is 0 Å². The smallest absolute Gasteiger partial charge is 0.0391 e. The van der Waals surface area contributed by atoms with Crippen LogP contribution in [0, 0.1) is 17.8 Å². The van der Waals surface area contributed by atoms with Crippen LogP contribution in [0.4, 0.5) is 0 Å². The van der Waals surface area contributed by atoms with Gasteiger partial charge in [-0.2, -0.15) is 0 Å². The van der Waals surface area contributed by atoms with Gasteiger partial charge in [0.1, 0.15) is 0 Å². The van der Waals surface area contributed by atoms with Crippen LogP contribution < -0.4 is 5.73 Å². The summed E-state index contributed by atoms with van der Waals surface area (Å²) in [5, 5.41) is 0. The summed E-state index contributed by atoms with van der Waals surface area (Å²) < 4.78 is 0. The summed E-state index contributed by atoms with van der Waals surface area (Å²) in [5.41, 5.74) is 5.87. The first kappa shape index (κ1) is 8.36. The van der Waals surface area contributed by atoms with Crippen molar-refractivity contribution in [3.8, 4) is 11.8 Å². The zero-order valence-electron chi connectivity index (χ0n) is 7.01. The Balaban J connectivity index is 2.50. The fraction of sp³-hybridized carbons (Fsp3) is 0.600. The molecule has 0 aromatic carbocycles. The number of nitrogens with two attached hydrogens (primary N) is 1. The molecule has 1 aliphatic carbocycles. The van der Waals surface area contributed by atoms with Gasteiger partial charge in [-0.25, -0.2) is 0 Å². The molecule has 0 aromatic rings. The first-order valence-corrected chi connectivity index (χ1v) is 4.23. The van der Waals surface area contributed by atoms with E-state index < -0.39 is 0 Å². The summed E-state index contributed by atoms with van der Waals surface area (Å²) in [5.74, 6) is 6.68. The van der Waals surface area contributed by atoms with E-state index in [1.165, 1.54) is 0 Å². The van der Waals surface area contributed by atoms with Crippen LogP contribution in [0.1, 0.15) is 26.2 Å². The molecular formula is C10H15N. The first-order valence-electron chi connectivity index (χ1n) is 4.23. The molecule has 0 saturated carbocycles. The fourth-order valence-corrected chi connectivity index (χ4v) is 1.23. The van der Waals surface area contributed by atoms with E-state index >= 15 is 0 Å². The van der Waals surface area contributed by atoms with E-state index in [9.17, 15) is 0 Å². The van der Waals surface area contributed by atoms with Crippen LogP contribution in [0.25, 0.3) is 0 Å². The Bertz CT molecular complexity index is 195. The predicted molar refractivity (Wildman–Crippen MR) is 47.9 cm³/mol. The summed E-state index contributed by atoms with van der Waals surface area (Å²) in [7, 11) is 0. The summed E-state index contributed by atoms with van der Waals surface area (Å²) in [6, 6.07) is 0.263. The monoisotopic (exact) mass is 149 g/mol. The zero-order chi connectivity index (χ0) is 8.10. The Labute approximate surface area is 68.7 Å². The third-order valence-electron chi connectivity index (χ3n) is 1.95. The fourth-order valence-electron chi connectivity index (χ4n) is 1.23. The molecule has 0 heterocycles. The van der Waals surface area contributed by atoms with Gasteiger partial charge in [0.15, 0.2) is 0 Å². The highest BCUT2D eigenvalue weighted by atomic mass is 14.6. The number of hydrogen-bond acceptors (Lipinski definition) is 1. The van der Waals surface area contributed by atoms with Gasteiger partial charge in [-0.05, 0) is 12.8 Å². The molecule has 0 radical (unpaired) electrons. The van der Waals surface area contributed by atoms with Crippen molar-refractivity contribution >= 4 is 0 Å². The zero-order valence-corrected chi connectivity index (χ0v) is 7.01.